The molecule has 0 bridgehead atoms. The number of amides is 1. The van der Waals surface area contributed by atoms with Crippen LogP contribution in [-0.2, 0) is 16.0 Å². The smallest absolute Gasteiger partial charge is 0.308 e. The van der Waals surface area contributed by atoms with Gasteiger partial charge in [0.1, 0.15) is 0 Å². The van der Waals surface area contributed by atoms with Gasteiger partial charge in [0.25, 0.3) is 0 Å². The molecule has 120 valence electrons. The number of aliphatic hydroxyl groups excluding tert-OH is 1. The van der Waals surface area contributed by atoms with Crippen molar-refractivity contribution in [3.8, 4) is 0 Å². The highest BCUT2D eigenvalue weighted by Crippen LogP contribution is 2.28. The standard InChI is InChI=1S/C17H23NO4/c1-2-14(19)9-16(20)18-10-13(15(11-18)17(21)22)8-12-6-4-3-5-7-12/h3-7,13-15,19H,2,8-11H2,1H3,(H,21,22)/t13-,14?,15-/m1/s1. The molecule has 0 aliphatic carbocycles. The topological polar surface area (TPSA) is 77.8 Å². The monoisotopic (exact) mass is 305 g/mol. The summed E-state index contributed by atoms with van der Waals surface area (Å²) in [6.45, 7) is 2.50. The molecule has 1 fully saturated rings. The Morgan fingerprint density at radius 2 is 1.95 bits per heavy atom. The third-order valence-electron chi connectivity index (χ3n) is 4.33. The summed E-state index contributed by atoms with van der Waals surface area (Å²) in [5.74, 6) is -1.63. The summed E-state index contributed by atoms with van der Waals surface area (Å²) in [5.41, 5.74) is 1.08. The first-order chi connectivity index (χ1) is 10.5. The number of carbonyl (C=O) groups is 2. The van der Waals surface area contributed by atoms with Crippen molar-refractivity contribution < 1.29 is 19.8 Å². The maximum absolute atomic E-state index is 12.2. The molecule has 5 heteroatoms. The highest BCUT2D eigenvalue weighted by atomic mass is 16.4. The van der Waals surface area contributed by atoms with E-state index in [1.54, 1.807) is 4.90 Å². The van der Waals surface area contributed by atoms with Crippen molar-refractivity contribution in [3.05, 3.63) is 35.9 Å². The van der Waals surface area contributed by atoms with E-state index in [4.69, 9.17) is 0 Å². The number of benzene rings is 1. The quantitative estimate of drug-likeness (QED) is 0.836. The molecule has 3 atom stereocenters. The number of carbonyl (C=O) groups excluding carboxylic acids is 1. The maximum Gasteiger partial charge on any atom is 0.308 e. The van der Waals surface area contributed by atoms with Crippen molar-refractivity contribution >= 4 is 11.9 Å². The maximum atomic E-state index is 12.2. The number of hydrogen-bond donors (Lipinski definition) is 2. The van der Waals surface area contributed by atoms with Crippen molar-refractivity contribution in [1.29, 1.82) is 0 Å². The second-order valence-electron chi connectivity index (χ2n) is 5.96. The molecule has 2 N–H and O–H groups in total. The first kappa shape index (κ1) is 16.5. The van der Waals surface area contributed by atoms with Gasteiger partial charge in [0, 0.05) is 13.1 Å². The van der Waals surface area contributed by atoms with Gasteiger partial charge in [0.15, 0.2) is 0 Å². The fourth-order valence-electron chi connectivity index (χ4n) is 2.95. The van der Waals surface area contributed by atoms with E-state index < -0.39 is 18.0 Å². The van der Waals surface area contributed by atoms with Gasteiger partial charge in [-0.2, -0.15) is 0 Å². The highest BCUT2D eigenvalue weighted by molar-refractivity contribution is 5.79. The average Bonchev–Trinajstić information content (AvgIpc) is 2.92. The van der Waals surface area contributed by atoms with Crippen molar-refractivity contribution in [2.75, 3.05) is 13.1 Å². The van der Waals surface area contributed by atoms with Crippen LogP contribution in [-0.4, -0.2) is 46.2 Å². The number of hydrogen-bond acceptors (Lipinski definition) is 3. The van der Waals surface area contributed by atoms with Crippen LogP contribution in [0.3, 0.4) is 0 Å². The lowest BCUT2D eigenvalue weighted by Gasteiger charge is -2.18. The van der Waals surface area contributed by atoms with E-state index in [9.17, 15) is 19.8 Å². The summed E-state index contributed by atoms with van der Waals surface area (Å²) >= 11 is 0. The average molecular weight is 305 g/mol. The Hall–Kier alpha value is -1.88. The lowest BCUT2D eigenvalue weighted by atomic mass is 9.90. The Labute approximate surface area is 130 Å². The molecule has 0 aromatic heterocycles. The zero-order valence-electron chi connectivity index (χ0n) is 12.8. The number of aliphatic hydroxyl groups is 1. The molecule has 0 radical (unpaired) electrons. The van der Waals surface area contributed by atoms with Gasteiger partial charge in [-0.25, -0.2) is 0 Å². The van der Waals surface area contributed by atoms with E-state index >= 15 is 0 Å². The van der Waals surface area contributed by atoms with Crippen LogP contribution in [0.5, 0.6) is 0 Å². The minimum absolute atomic E-state index is 0.0703. The first-order valence-corrected chi connectivity index (χ1v) is 7.73. The van der Waals surface area contributed by atoms with Crippen LogP contribution in [0.2, 0.25) is 0 Å². The fourth-order valence-corrected chi connectivity index (χ4v) is 2.95. The molecule has 5 nitrogen and oxygen atoms in total. The van der Waals surface area contributed by atoms with Gasteiger partial charge in [0.05, 0.1) is 18.4 Å². The van der Waals surface area contributed by atoms with E-state index in [0.717, 1.165) is 5.56 Å². The Morgan fingerprint density at radius 1 is 1.27 bits per heavy atom. The first-order valence-electron chi connectivity index (χ1n) is 7.73. The lowest BCUT2D eigenvalue weighted by molar-refractivity contribution is -0.142. The Bertz CT molecular complexity index is 517. The number of aliphatic carboxylic acids is 1. The Kier molecular flexibility index (Phi) is 5.55. The van der Waals surface area contributed by atoms with Gasteiger partial charge in [0.2, 0.25) is 5.91 Å². The van der Waals surface area contributed by atoms with Crippen LogP contribution in [0.1, 0.15) is 25.3 Å². The van der Waals surface area contributed by atoms with Crippen LogP contribution >= 0.6 is 0 Å². The summed E-state index contributed by atoms with van der Waals surface area (Å²) in [7, 11) is 0. The molecule has 1 saturated heterocycles. The zero-order chi connectivity index (χ0) is 16.1. The van der Waals surface area contributed by atoms with Crippen LogP contribution in [0.25, 0.3) is 0 Å². The molecular formula is C17H23NO4. The van der Waals surface area contributed by atoms with Crippen LogP contribution in [0.15, 0.2) is 30.3 Å². The van der Waals surface area contributed by atoms with E-state index in [2.05, 4.69) is 0 Å². The lowest BCUT2D eigenvalue weighted by Crippen LogP contribution is -2.32. The fraction of sp³-hybridized carbons (Fsp3) is 0.529. The van der Waals surface area contributed by atoms with E-state index in [1.165, 1.54) is 0 Å². The molecule has 1 aromatic carbocycles. The van der Waals surface area contributed by atoms with Crippen molar-refractivity contribution in [1.82, 2.24) is 4.90 Å². The minimum atomic E-state index is -0.854. The SMILES string of the molecule is CCC(O)CC(=O)N1C[C@@H](Cc2ccccc2)[C@H](C(=O)O)C1. The van der Waals surface area contributed by atoms with E-state index in [-0.39, 0.29) is 24.8 Å². The molecule has 2 rings (SSSR count). The summed E-state index contributed by atoms with van der Waals surface area (Å²) in [5, 5.41) is 19.0. The van der Waals surface area contributed by atoms with Crippen LogP contribution in [0, 0.1) is 11.8 Å². The van der Waals surface area contributed by atoms with Crippen molar-refractivity contribution in [2.24, 2.45) is 11.8 Å². The Morgan fingerprint density at radius 3 is 2.55 bits per heavy atom. The second-order valence-corrected chi connectivity index (χ2v) is 5.96. The predicted molar refractivity (Wildman–Crippen MR) is 82.3 cm³/mol. The third-order valence-corrected chi connectivity index (χ3v) is 4.33. The highest BCUT2D eigenvalue weighted by Gasteiger charge is 2.39. The number of nitrogens with zero attached hydrogens (tertiary/aromatic N) is 1. The van der Waals surface area contributed by atoms with Crippen LogP contribution < -0.4 is 0 Å². The zero-order valence-corrected chi connectivity index (χ0v) is 12.8. The molecule has 0 saturated carbocycles. The number of carboxylic acids is 1. The number of rotatable bonds is 6. The normalized spacial score (nSPS) is 22.5. The molecule has 1 heterocycles. The molecule has 1 amide bonds. The molecule has 1 aliphatic rings. The van der Waals surface area contributed by atoms with Gasteiger partial charge in [-0.3, -0.25) is 9.59 Å². The number of likely N-dealkylation sites (tertiary alicyclic amines) is 1. The van der Waals surface area contributed by atoms with Gasteiger partial charge in [-0.05, 0) is 24.3 Å². The predicted octanol–water partition coefficient (Wildman–Crippen LogP) is 1.55. The third kappa shape index (κ3) is 4.07. The van der Waals surface area contributed by atoms with Gasteiger partial charge in [-0.1, -0.05) is 37.3 Å². The largest absolute Gasteiger partial charge is 0.481 e. The second kappa shape index (κ2) is 7.40. The number of carboxylic acid groups (broad SMARTS) is 1. The molecule has 1 aromatic rings. The molecule has 0 spiro atoms. The van der Waals surface area contributed by atoms with Gasteiger partial charge in [-0.15, -0.1) is 0 Å². The Balaban J connectivity index is 2.03. The van der Waals surface area contributed by atoms with Crippen LogP contribution in [0.4, 0.5) is 0 Å². The minimum Gasteiger partial charge on any atom is -0.481 e. The van der Waals surface area contributed by atoms with E-state index in [0.29, 0.717) is 19.4 Å². The molecule has 22 heavy (non-hydrogen) atoms. The molecule has 1 unspecified atom stereocenters. The summed E-state index contributed by atoms with van der Waals surface area (Å²) in [6.07, 6.45) is 0.595. The van der Waals surface area contributed by atoms with Gasteiger partial charge < -0.3 is 15.1 Å². The summed E-state index contributed by atoms with van der Waals surface area (Å²) in [6, 6.07) is 9.74. The molecule has 1 aliphatic heterocycles. The molecular weight excluding hydrogens is 282 g/mol. The van der Waals surface area contributed by atoms with E-state index in [1.807, 2.05) is 37.3 Å². The summed E-state index contributed by atoms with van der Waals surface area (Å²) < 4.78 is 0. The van der Waals surface area contributed by atoms with Crippen molar-refractivity contribution in [2.45, 2.75) is 32.3 Å². The summed E-state index contributed by atoms with van der Waals surface area (Å²) in [4.78, 5) is 25.2. The van der Waals surface area contributed by atoms with Crippen molar-refractivity contribution in [3.63, 3.8) is 0 Å². The van der Waals surface area contributed by atoms with Gasteiger partial charge >= 0.3 is 5.97 Å².